The SMILES string of the molecule is CCCC=C1C(=O)N(CCCN)C2=CCC=C(Cl)C=C2/C1=N/NC. The summed E-state index contributed by atoms with van der Waals surface area (Å²) >= 11 is 6.28. The van der Waals surface area contributed by atoms with E-state index in [-0.39, 0.29) is 5.91 Å². The number of likely N-dealkylation sites (tertiary alicyclic amines) is 1. The number of carbonyl (C=O) groups excluding carboxylic acids is 1. The molecule has 0 unspecified atom stereocenters. The van der Waals surface area contributed by atoms with Crippen molar-refractivity contribution in [1.82, 2.24) is 10.3 Å². The summed E-state index contributed by atoms with van der Waals surface area (Å²) in [6.07, 6.45) is 11.0. The Balaban J connectivity index is 2.57. The maximum Gasteiger partial charge on any atom is 0.260 e. The lowest BCUT2D eigenvalue weighted by atomic mass is 9.91. The smallest absolute Gasteiger partial charge is 0.260 e. The molecule has 1 heterocycles. The van der Waals surface area contributed by atoms with E-state index >= 15 is 0 Å². The summed E-state index contributed by atoms with van der Waals surface area (Å²) < 4.78 is 0. The predicted octanol–water partition coefficient (Wildman–Crippen LogP) is 2.82. The number of hydrogen-bond donors (Lipinski definition) is 2. The highest BCUT2D eigenvalue weighted by molar-refractivity contribution is 6.35. The van der Waals surface area contributed by atoms with Gasteiger partial charge in [0.2, 0.25) is 0 Å². The molecule has 0 atom stereocenters. The number of hydrogen-bond acceptors (Lipinski definition) is 4. The van der Waals surface area contributed by atoms with Crippen molar-refractivity contribution in [3.05, 3.63) is 46.2 Å². The fourth-order valence-electron chi connectivity index (χ4n) is 2.79. The summed E-state index contributed by atoms with van der Waals surface area (Å²) in [5.74, 6) is -0.0210. The maximum atomic E-state index is 13.1. The fourth-order valence-corrected chi connectivity index (χ4v) is 2.98. The lowest BCUT2D eigenvalue weighted by Crippen LogP contribution is -2.42. The quantitative estimate of drug-likeness (QED) is 0.572. The molecule has 0 aromatic carbocycles. The van der Waals surface area contributed by atoms with Crippen molar-refractivity contribution in [2.24, 2.45) is 10.8 Å². The van der Waals surface area contributed by atoms with E-state index in [9.17, 15) is 4.79 Å². The zero-order valence-corrected chi connectivity index (χ0v) is 15.1. The van der Waals surface area contributed by atoms with Gasteiger partial charge < -0.3 is 16.1 Å². The van der Waals surface area contributed by atoms with Crippen molar-refractivity contribution in [3.63, 3.8) is 0 Å². The highest BCUT2D eigenvalue weighted by Gasteiger charge is 2.35. The number of nitrogens with zero attached hydrogens (tertiary/aromatic N) is 2. The van der Waals surface area contributed by atoms with Crippen LogP contribution in [0.1, 0.15) is 32.6 Å². The second kappa shape index (κ2) is 8.85. The Labute approximate surface area is 148 Å². The van der Waals surface area contributed by atoms with Crippen molar-refractivity contribution in [1.29, 1.82) is 0 Å². The van der Waals surface area contributed by atoms with Gasteiger partial charge in [-0.3, -0.25) is 4.79 Å². The Bertz CT molecular complexity index is 643. The molecule has 1 saturated heterocycles. The maximum absolute atomic E-state index is 13.1. The number of rotatable bonds is 6. The third kappa shape index (κ3) is 3.97. The van der Waals surface area contributed by atoms with E-state index in [2.05, 4.69) is 17.5 Å². The van der Waals surface area contributed by atoms with E-state index in [1.54, 1.807) is 11.9 Å². The summed E-state index contributed by atoms with van der Waals surface area (Å²) in [4.78, 5) is 14.9. The molecule has 130 valence electrons. The number of nitrogens with one attached hydrogen (secondary N) is 1. The van der Waals surface area contributed by atoms with Crippen LogP contribution in [0.25, 0.3) is 0 Å². The Hall–Kier alpha value is -1.85. The van der Waals surface area contributed by atoms with Gasteiger partial charge in [0.05, 0.1) is 5.57 Å². The predicted molar refractivity (Wildman–Crippen MR) is 99.6 cm³/mol. The van der Waals surface area contributed by atoms with Crippen LogP contribution >= 0.6 is 11.6 Å². The van der Waals surface area contributed by atoms with Crippen LogP contribution in [0.15, 0.2) is 51.3 Å². The molecule has 24 heavy (non-hydrogen) atoms. The van der Waals surface area contributed by atoms with Crippen molar-refractivity contribution >= 4 is 23.2 Å². The summed E-state index contributed by atoms with van der Waals surface area (Å²) in [7, 11) is 1.73. The largest absolute Gasteiger partial charge is 0.330 e. The van der Waals surface area contributed by atoms with Gasteiger partial charge >= 0.3 is 0 Å². The molecule has 1 aliphatic carbocycles. The molecular formula is C18H25ClN4O. The summed E-state index contributed by atoms with van der Waals surface area (Å²) in [6.45, 7) is 3.22. The number of fused-ring (bicyclic) bond motifs is 1. The molecule has 2 rings (SSSR count). The van der Waals surface area contributed by atoms with Gasteiger partial charge in [0.25, 0.3) is 5.91 Å². The number of halogens is 1. The first kappa shape index (κ1) is 18.5. The fraction of sp³-hybridized carbons (Fsp3) is 0.444. The zero-order valence-electron chi connectivity index (χ0n) is 14.3. The van der Waals surface area contributed by atoms with Crippen LogP contribution in [0.3, 0.4) is 0 Å². The molecule has 0 radical (unpaired) electrons. The van der Waals surface area contributed by atoms with Gasteiger partial charge in [-0.25, -0.2) is 0 Å². The van der Waals surface area contributed by atoms with Gasteiger partial charge in [0.15, 0.2) is 0 Å². The van der Waals surface area contributed by atoms with Crippen LogP contribution in [0, 0.1) is 0 Å². The molecule has 5 nitrogen and oxygen atoms in total. The Morgan fingerprint density at radius 3 is 2.92 bits per heavy atom. The Kier molecular flexibility index (Phi) is 6.82. The standard InChI is InChI=1S/C18H25ClN4O/c1-3-4-8-14-17(22-21-2)15-12-13(19)7-5-9-16(15)23(18(14)24)11-6-10-20/h7-9,12,21H,3-6,10-11,20H2,1-2H3/b14-8?,22-17+. The van der Waals surface area contributed by atoms with E-state index in [0.717, 1.165) is 30.5 Å². The summed E-state index contributed by atoms with van der Waals surface area (Å²) in [5.41, 5.74) is 11.5. The van der Waals surface area contributed by atoms with Gasteiger partial charge in [0.1, 0.15) is 5.71 Å². The van der Waals surface area contributed by atoms with Gasteiger partial charge in [0, 0.05) is 29.9 Å². The molecule has 1 aliphatic heterocycles. The minimum absolute atomic E-state index is 0.0210. The molecule has 1 fully saturated rings. The average Bonchev–Trinajstić information content (AvgIpc) is 2.76. The molecule has 0 saturated carbocycles. The minimum atomic E-state index is -0.0210. The number of hydrazone groups is 1. The molecule has 1 amide bonds. The van der Waals surface area contributed by atoms with Crippen LogP contribution in [-0.4, -0.2) is 36.7 Å². The molecule has 6 heteroatoms. The van der Waals surface area contributed by atoms with Crippen molar-refractivity contribution < 1.29 is 4.79 Å². The molecule has 0 aromatic heterocycles. The van der Waals surface area contributed by atoms with E-state index in [0.29, 0.717) is 35.8 Å². The van der Waals surface area contributed by atoms with E-state index in [1.807, 2.05) is 24.3 Å². The zero-order chi connectivity index (χ0) is 17.5. The van der Waals surface area contributed by atoms with Gasteiger partial charge in [-0.05, 0) is 31.9 Å². The molecular weight excluding hydrogens is 324 g/mol. The molecule has 0 bridgehead atoms. The molecule has 0 spiro atoms. The van der Waals surface area contributed by atoms with Crippen LogP contribution < -0.4 is 11.2 Å². The minimum Gasteiger partial charge on any atom is -0.330 e. The van der Waals surface area contributed by atoms with Crippen molar-refractivity contribution in [3.8, 4) is 0 Å². The third-order valence-corrected chi connectivity index (χ3v) is 4.17. The second-order valence-corrected chi connectivity index (χ2v) is 6.10. The number of amides is 1. The lowest BCUT2D eigenvalue weighted by Gasteiger charge is -2.34. The van der Waals surface area contributed by atoms with E-state index in [1.165, 1.54) is 0 Å². The Morgan fingerprint density at radius 1 is 1.46 bits per heavy atom. The summed E-state index contributed by atoms with van der Waals surface area (Å²) in [5, 5.41) is 5.03. The summed E-state index contributed by atoms with van der Waals surface area (Å²) in [6, 6.07) is 0. The van der Waals surface area contributed by atoms with E-state index < -0.39 is 0 Å². The number of nitrogens with two attached hydrogens (primary N) is 1. The highest BCUT2D eigenvalue weighted by atomic mass is 35.5. The van der Waals surface area contributed by atoms with Crippen molar-refractivity contribution in [2.75, 3.05) is 20.1 Å². The van der Waals surface area contributed by atoms with Gasteiger partial charge in [-0.1, -0.05) is 43.2 Å². The van der Waals surface area contributed by atoms with Crippen LogP contribution in [0.5, 0.6) is 0 Å². The van der Waals surface area contributed by atoms with Gasteiger partial charge in [-0.2, -0.15) is 5.10 Å². The van der Waals surface area contributed by atoms with E-state index in [4.69, 9.17) is 17.3 Å². The first-order valence-corrected chi connectivity index (χ1v) is 8.77. The van der Waals surface area contributed by atoms with Crippen LogP contribution in [-0.2, 0) is 4.79 Å². The topological polar surface area (TPSA) is 70.7 Å². The average molecular weight is 349 g/mol. The van der Waals surface area contributed by atoms with Crippen LogP contribution in [0.4, 0.5) is 0 Å². The normalized spacial score (nSPS) is 21.2. The molecule has 2 aliphatic rings. The number of piperidine rings is 1. The monoisotopic (exact) mass is 348 g/mol. The van der Waals surface area contributed by atoms with Crippen molar-refractivity contribution in [2.45, 2.75) is 32.6 Å². The number of carbonyl (C=O) groups is 1. The lowest BCUT2D eigenvalue weighted by molar-refractivity contribution is -0.125. The first-order valence-electron chi connectivity index (χ1n) is 8.39. The third-order valence-electron chi connectivity index (χ3n) is 3.91. The molecule has 3 N–H and O–H groups in total. The number of allylic oxidation sites excluding steroid dienone is 6. The molecule has 0 aromatic rings. The first-order chi connectivity index (χ1) is 11.6. The number of unbranched alkanes of at least 4 members (excludes halogenated alkanes) is 1. The van der Waals surface area contributed by atoms with Gasteiger partial charge in [-0.15, -0.1) is 0 Å². The van der Waals surface area contributed by atoms with Crippen LogP contribution in [0.2, 0.25) is 0 Å². The second-order valence-electron chi connectivity index (χ2n) is 5.66. The Morgan fingerprint density at radius 2 is 2.25 bits per heavy atom. The highest BCUT2D eigenvalue weighted by Crippen LogP contribution is 2.33.